The molecule has 5 nitrogen and oxygen atoms in total. The van der Waals surface area contributed by atoms with Crippen molar-refractivity contribution < 1.29 is 9.59 Å². The minimum Gasteiger partial charge on any atom is -0.293 e. The molecule has 2 rings (SSSR count). The second-order valence-electron chi connectivity index (χ2n) is 4.79. The van der Waals surface area contributed by atoms with Crippen molar-refractivity contribution >= 4 is 39.1 Å². The molecule has 7 heteroatoms. The van der Waals surface area contributed by atoms with E-state index >= 15 is 0 Å². The molecule has 0 bridgehead atoms. The molecule has 2 aromatic rings. The van der Waals surface area contributed by atoms with Gasteiger partial charge < -0.3 is 0 Å². The molecular weight excluding hydrogens is 366 g/mol. The van der Waals surface area contributed by atoms with Crippen LogP contribution >= 0.6 is 27.3 Å². The van der Waals surface area contributed by atoms with E-state index in [9.17, 15) is 9.59 Å². The van der Waals surface area contributed by atoms with Crippen molar-refractivity contribution in [1.29, 1.82) is 0 Å². The molecule has 116 valence electrons. The maximum Gasteiger partial charge on any atom is 0.270 e. The number of amides is 2. The fraction of sp³-hybridized carbons (Fsp3) is 0.200. The molecule has 0 fully saturated rings. The van der Waals surface area contributed by atoms with Gasteiger partial charge in [0.2, 0.25) is 0 Å². The van der Waals surface area contributed by atoms with Crippen LogP contribution in [0.15, 0.2) is 45.6 Å². The molecular formula is C15H16BrN3O2S. The number of halogens is 1. The van der Waals surface area contributed by atoms with E-state index < -0.39 is 0 Å². The number of rotatable bonds is 5. The highest BCUT2D eigenvalue weighted by Crippen LogP contribution is 2.15. The molecule has 0 aliphatic rings. The fourth-order valence-electron chi connectivity index (χ4n) is 1.87. The lowest BCUT2D eigenvalue weighted by Crippen LogP contribution is -2.45. The largest absolute Gasteiger partial charge is 0.293 e. The molecule has 0 spiro atoms. The summed E-state index contributed by atoms with van der Waals surface area (Å²) in [7, 11) is 1.85. The van der Waals surface area contributed by atoms with Crippen LogP contribution < -0.4 is 10.9 Å². The molecule has 22 heavy (non-hydrogen) atoms. The summed E-state index contributed by atoms with van der Waals surface area (Å²) in [6, 6.07) is 9.04. The molecule has 2 amide bonds. The zero-order valence-electron chi connectivity index (χ0n) is 12.0. The SMILES string of the molecule is CN(CC(=O)NNC(=O)c1ccccc1Br)Cc1ccsc1. The lowest BCUT2D eigenvalue weighted by molar-refractivity contribution is -0.122. The van der Waals surface area contributed by atoms with Gasteiger partial charge in [-0.1, -0.05) is 12.1 Å². The van der Waals surface area contributed by atoms with E-state index in [1.165, 1.54) is 0 Å². The molecule has 0 saturated heterocycles. The van der Waals surface area contributed by atoms with Crippen LogP contribution in [0.1, 0.15) is 15.9 Å². The Labute approximate surface area is 141 Å². The summed E-state index contributed by atoms with van der Waals surface area (Å²) >= 11 is 4.92. The van der Waals surface area contributed by atoms with E-state index in [4.69, 9.17) is 0 Å². The quantitative estimate of drug-likeness (QED) is 0.781. The monoisotopic (exact) mass is 381 g/mol. The molecule has 0 aliphatic heterocycles. The number of nitrogens with zero attached hydrogens (tertiary/aromatic N) is 1. The van der Waals surface area contributed by atoms with Crippen LogP contribution in [0.5, 0.6) is 0 Å². The number of hydrogen-bond donors (Lipinski definition) is 2. The Balaban J connectivity index is 1.78. The first-order valence-corrected chi connectivity index (χ1v) is 8.33. The highest BCUT2D eigenvalue weighted by Gasteiger charge is 2.11. The van der Waals surface area contributed by atoms with Crippen LogP contribution in [0.25, 0.3) is 0 Å². The van der Waals surface area contributed by atoms with Crippen molar-refractivity contribution in [3.8, 4) is 0 Å². The first-order chi connectivity index (χ1) is 10.6. The number of carbonyl (C=O) groups is 2. The molecule has 1 aromatic carbocycles. The number of likely N-dealkylation sites (N-methyl/N-ethyl adjacent to an activating group) is 1. The second-order valence-corrected chi connectivity index (χ2v) is 6.42. The highest BCUT2D eigenvalue weighted by molar-refractivity contribution is 9.10. The average Bonchev–Trinajstić information content (AvgIpc) is 2.98. The summed E-state index contributed by atoms with van der Waals surface area (Å²) in [6.07, 6.45) is 0. The van der Waals surface area contributed by atoms with Crippen LogP contribution in [-0.4, -0.2) is 30.3 Å². The second kappa shape index (κ2) is 8.07. The standard InChI is InChI=1S/C15H16BrN3O2S/c1-19(8-11-6-7-22-10-11)9-14(20)17-18-15(21)12-4-2-3-5-13(12)16/h2-7,10H,8-9H2,1H3,(H,17,20)(H,18,21). The van der Waals surface area contributed by atoms with Gasteiger partial charge in [-0.2, -0.15) is 11.3 Å². The van der Waals surface area contributed by atoms with E-state index in [1.54, 1.807) is 29.5 Å². The van der Waals surface area contributed by atoms with Crippen LogP contribution in [-0.2, 0) is 11.3 Å². The van der Waals surface area contributed by atoms with Crippen LogP contribution in [0.3, 0.4) is 0 Å². The highest BCUT2D eigenvalue weighted by atomic mass is 79.9. The van der Waals surface area contributed by atoms with Crippen molar-refractivity contribution in [3.63, 3.8) is 0 Å². The van der Waals surface area contributed by atoms with Crippen LogP contribution in [0, 0.1) is 0 Å². The summed E-state index contributed by atoms with van der Waals surface area (Å²) < 4.78 is 0.677. The van der Waals surface area contributed by atoms with E-state index in [-0.39, 0.29) is 18.4 Å². The first kappa shape index (κ1) is 16.7. The predicted octanol–water partition coefficient (Wildman–Crippen LogP) is 2.40. The number of hydrazine groups is 1. The summed E-state index contributed by atoms with van der Waals surface area (Å²) in [5.74, 6) is -0.626. The summed E-state index contributed by atoms with van der Waals surface area (Å²) in [5, 5.41) is 4.05. The zero-order valence-corrected chi connectivity index (χ0v) is 14.4. The molecule has 1 heterocycles. The van der Waals surface area contributed by atoms with Crippen LogP contribution in [0.2, 0.25) is 0 Å². The van der Waals surface area contributed by atoms with E-state index in [1.807, 2.05) is 34.8 Å². The van der Waals surface area contributed by atoms with Crippen molar-refractivity contribution in [2.24, 2.45) is 0 Å². The summed E-state index contributed by atoms with van der Waals surface area (Å²) in [5.41, 5.74) is 6.46. The topological polar surface area (TPSA) is 61.4 Å². The van der Waals surface area contributed by atoms with Crippen molar-refractivity contribution in [1.82, 2.24) is 15.8 Å². The third-order valence-electron chi connectivity index (χ3n) is 2.88. The van der Waals surface area contributed by atoms with Gasteiger partial charge in [0, 0.05) is 11.0 Å². The van der Waals surface area contributed by atoms with Gasteiger partial charge in [-0.3, -0.25) is 25.3 Å². The van der Waals surface area contributed by atoms with Gasteiger partial charge in [0.1, 0.15) is 0 Å². The predicted molar refractivity (Wildman–Crippen MR) is 90.4 cm³/mol. The number of carbonyl (C=O) groups excluding carboxylic acids is 2. The summed E-state index contributed by atoms with van der Waals surface area (Å²) in [4.78, 5) is 25.6. The zero-order chi connectivity index (χ0) is 15.9. The fourth-order valence-corrected chi connectivity index (χ4v) is 3.00. The molecule has 0 saturated carbocycles. The van der Waals surface area contributed by atoms with E-state index in [0.29, 0.717) is 16.6 Å². The Morgan fingerprint density at radius 1 is 1.23 bits per heavy atom. The average molecular weight is 382 g/mol. The van der Waals surface area contributed by atoms with Gasteiger partial charge in [0.25, 0.3) is 11.8 Å². The Bertz CT molecular complexity index is 646. The number of benzene rings is 1. The van der Waals surface area contributed by atoms with Gasteiger partial charge in [-0.05, 0) is 57.5 Å². The molecule has 0 atom stereocenters. The molecule has 0 unspecified atom stereocenters. The lowest BCUT2D eigenvalue weighted by atomic mass is 10.2. The van der Waals surface area contributed by atoms with Crippen molar-refractivity contribution in [3.05, 3.63) is 56.7 Å². The third kappa shape index (κ3) is 4.94. The maximum atomic E-state index is 11.9. The normalized spacial score (nSPS) is 10.5. The smallest absolute Gasteiger partial charge is 0.270 e. The van der Waals surface area contributed by atoms with E-state index in [2.05, 4.69) is 26.8 Å². The third-order valence-corrected chi connectivity index (χ3v) is 4.30. The van der Waals surface area contributed by atoms with Gasteiger partial charge >= 0.3 is 0 Å². The summed E-state index contributed by atoms with van der Waals surface area (Å²) in [6.45, 7) is 0.890. The Morgan fingerprint density at radius 3 is 2.68 bits per heavy atom. The number of thiophene rings is 1. The van der Waals surface area contributed by atoms with Gasteiger partial charge in [-0.25, -0.2) is 0 Å². The lowest BCUT2D eigenvalue weighted by Gasteiger charge is -2.16. The Morgan fingerprint density at radius 2 is 2.00 bits per heavy atom. The van der Waals surface area contributed by atoms with Crippen LogP contribution in [0.4, 0.5) is 0 Å². The molecule has 0 radical (unpaired) electrons. The minimum absolute atomic E-state index is 0.200. The van der Waals surface area contributed by atoms with Crippen molar-refractivity contribution in [2.75, 3.05) is 13.6 Å². The molecule has 0 aliphatic carbocycles. The van der Waals surface area contributed by atoms with Gasteiger partial charge in [0.05, 0.1) is 12.1 Å². The Hall–Kier alpha value is -1.70. The van der Waals surface area contributed by atoms with E-state index in [0.717, 1.165) is 5.56 Å². The van der Waals surface area contributed by atoms with Gasteiger partial charge in [-0.15, -0.1) is 0 Å². The first-order valence-electron chi connectivity index (χ1n) is 6.59. The molecule has 2 N–H and O–H groups in total. The number of nitrogens with one attached hydrogen (secondary N) is 2. The maximum absolute atomic E-state index is 11.9. The number of hydrogen-bond acceptors (Lipinski definition) is 4. The van der Waals surface area contributed by atoms with Crippen molar-refractivity contribution in [2.45, 2.75) is 6.54 Å². The minimum atomic E-state index is -0.360. The Kier molecular flexibility index (Phi) is 6.11. The van der Waals surface area contributed by atoms with Gasteiger partial charge in [0.15, 0.2) is 0 Å². The molecule has 1 aromatic heterocycles.